The van der Waals surface area contributed by atoms with Gasteiger partial charge in [0.05, 0.1) is 13.7 Å². The van der Waals surface area contributed by atoms with Gasteiger partial charge in [-0.05, 0) is 12.1 Å². The maximum atomic E-state index is 11.9. The Morgan fingerprint density at radius 2 is 2.13 bits per heavy atom. The van der Waals surface area contributed by atoms with Crippen molar-refractivity contribution in [3.05, 3.63) is 29.3 Å². The average Bonchev–Trinajstić information content (AvgIpc) is 2.74. The van der Waals surface area contributed by atoms with Crippen LogP contribution in [0, 0.1) is 0 Å². The largest absolute Gasteiger partial charge is 0.489 e. The van der Waals surface area contributed by atoms with Gasteiger partial charge in [-0.1, -0.05) is 12.1 Å². The van der Waals surface area contributed by atoms with E-state index in [1.807, 2.05) is 0 Å². The molecule has 1 amide bonds. The number of fused-ring (bicyclic) bond motifs is 1. The summed E-state index contributed by atoms with van der Waals surface area (Å²) in [6.45, 7) is 0.0168. The summed E-state index contributed by atoms with van der Waals surface area (Å²) in [6.07, 6.45) is 1.99. The van der Waals surface area contributed by atoms with E-state index in [2.05, 4.69) is 9.73 Å². The van der Waals surface area contributed by atoms with Gasteiger partial charge in [-0.25, -0.2) is 4.79 Å². The first-order valence-electron chi connectivity index (χ1n) is 6.81. The predicted molar refractivity (Wildman–Crippen MR) is 82.9 cm³/mol. The molecule has 2 rings (SSSR count). The summed E-state index contributed by atoms with van der Waals surface area (Å²) in [5.74, 6) is -0.474. The molecule has 0 aromatic heterocycles. The van der Waals surface area contributed by atoms with Crippen molar-refractivity contribution in [1.82, 2.24) is 0 Å². The number of methoxy groups -OCH3 is 1. The standard InChI is InChI=1S/C15H17N3O5/c1-21-12(19)8-23-11-4-2-3-9-7-10(5-6-22-13(9)11)14(20)18-15(16)17/h2-4,7H,5-6,8H2,1H3,(H4,16,17,18,20). The zero-order chi connectivity index (χ0) is 16.8. The fourth-order valence-electron chi connectivity index (χ4n) is 1.99. The Morgan fingerprint density at radius 3 is 2.83 bits per heavy atom. The Hall–Kier alpha value is -3.03. The Bertz CT molecular complexity index is 678. The highest BCUT2D eigenvalue weighted by Crippen LogP contribution is 2.35. The van der Waals surface area contributed by atoms with E-state index in [1.165, 1.54) is 7.11 Å². The van der Waals surface area contributed by atoms with Crippen molar-refractivity contribution in [1.29, 1.82) is 0 Å². The molecule has 0 saturated carbocycles. The van der Waals surface area contributed by atoms with Gasteiger partial charge in [-0.15, -0.1) is 0 Å². The number of guanidine groups is 1. The summed E-state index contributed by atoms with van der Waals surface area (Å²) in [7, 11) is 1.28. The monoisotopic (exact) mass is 319 g/mol. The molecule has 0 unspecified atom stereocenters. The second-order valence-electron chi connectivity index (χ2n) is 4.65. The topological polar surface area (TPSA) is 126 Å². The third-order valence-corrected chi connectivity index (χ3v) is 3.04. The third-order valence-electron chi connectivity index (χ3n) is 3.04. The van der Waals surface area contributed by atoms with E-state index in [9.17, 15) is 9.59 Å². The number of esters is 1. The molecule has 1 aromatic carbocycles. The van der Waals surface area contributed by atoms with Crippen LogP contribution in [0.25, 0.3) is 6.08 Å². The van der Waals surface area contributed by atoms with E-state index >= 15 is 0 Å². The molecule has 1 aliphatic rings. The summed E-state index contributed by atoms with van der Waals surface area (Å²) >= 11 is 0. The molecule has 8 heteroatoms. The molecule has 4 N–H and O–H groups in total. The van der Waals surface area contributed by atoms with Gasteiger partial charge in [0, 0.05) is 17.6 Å². The Kier molecular flexibility index (Phi) is 5.19. The minimum absolute atomic E-state index is 0.236. The van der Waals surface area contributed by atoms with E-state index in [0.29, 0.717) is 29.1 Å². The van der Waals surface area contributed by atoms with Crippen molar-refractivity contribution >= 4 is 23.9 Å². The van der Waals surface area contributed by atoms with Gasteiger partial charge in [0.25, 0.3) is 5.91 Å². The summed E-state index contributed by atoms with van der Waals surface area (Å²) in [4.78, 5) is 26.7. The van der Waals surface area contributed by atoms with Crippen LogP contribution in [0.3, 0.4) is 0 Å². The number of amides is 1. The number of ether oxygens (including phenoxy) is 3. The molecular formula is C15H17N3O5. The highest BCUT2D eigenvalue weighted by molar-refractivity contribution is 6.04. The van der Waals surface area contributed by atoms with Crippen LogP contribution < -0.4 is 20.9 Å². The SMILES string of the molecule is COC(=O)COc1cccc2c1OCCC(C(=O)N=C(N)N)=C2. The van der Waals surface area contributed by atoms with Crippen molar-refractivity contribution < 1.29 is 23.8 Å². The van der Waals surface area contributed by atoms with Crippen LogP contribution in [0.5, 0.6) is 11.5 Å². The summed E-state index contributed by atoms with van der Waals surface area (Å²) in [6, 6.07) is 5.15. The van der Waals surface area contributed by atoms with Gasteiger partial charge < -0.3 is 25.7 Å². The molecule has 8 nitrogen and oxygen atoms in total. The normalized spacial score (nSPS) is 12.8. The molecule has 0 bridgehead atoms. The number of nitrogens with zero attached hydrogens (tertiary/aromatic N) is 1. The molecule has 1 aliphatic heterocycles. The van der Waals surface area contributed by atoms with Crippen molar-refractivity contribution in [3.63, 3.8) is 0 Å². The second kappa shape index (κ2) is 7.30. The number of hydrogen-bond acceptors (Lipinski definition) is 5. The van der Waals surface area contributed by atoms with Crippen LogP contribution >= 0.6 is 0 Å². The van der Waals surface area contributed by atoms with Crippen LogP contribution in [-0.2, 0) is 14.3 Å². The first-order valence-corrected chi connectivity index (χ1v) is 6.81. The maximum Gasteiger partial charge on any atom is 0.343 e. The van der Waals surface area contributed by atoms with Gasteiger partial charge in [0.15, 0.2) is 24.1 Å². The van der Waals surface area contributed by atoms with Crippen LogP contribution in [0.15, 0.2) is 28.8 Å². The summed E-state index contributed by atoms with van der Waals surface area (Å²) in [5, 5.41) is 0. The number of nitrogens with two attached hydrogens (primary N) is 2. The van der Waals surface area contributed by atoms with Crippen molar-refractivity contribution in [2.45, 2.75) is 6.42 Å². The van der Waals surface area contributed by atoms with Gasteiger partial charge in [-0.3, -0.25) is 4.79 Å². The highest BCUT2D eigenvalue weighted by atomic mass is 16.6. The lowest BCUT2D eigenvalue weighted by Gasteiger charge is -2.12. The number of hydrogen-bond donors (Lipinski definition) is 2. The van der Waals surface area contributed by atoms with E-state index < -0.39 is 11.9 Å². The van der Waals surface area contributed by atoms with Crippen LogP contribution in [0.1, 0.15) is 12.0 Å². The smallest absolute Gasteiger partial charge is 0.343 e. The minimum Gasteiger partial charge on any atom is -0.489 e. The summed E-state index contributed by atoms with van der Waals surface area (Å²) in [5.41, 5.74) is 11.5. The molecule has 0 atom stereocenters. The summed E-state index contributed by atoms with van der Waals surface area (Å²) < 4.78 is 15.6. The third kappa shape index (κ3) is 4.22. The lowest BCUT2D eigenvalue weighted by molar-refractivity contribution is -0.142. The van der Waals surface area contributed by atoms with E-state index in [-0.39, 0.29) is 19.2 Å². The average molecular weight is 319 g/mol. The molecule has 23 heavy (non-hydrogen) atoms. The lowest BCUT2D eigenvalue weighted by Crippen LogP contribution is -2.24. The van der Waals surface area contributed by atoms with Crippen molar-refractivity contribution in [3.8, 4) is 11.5 Å². The Morgan fingerprint density at radius 1 is 1.35 bits per heavy atom. The molecule has 0 fully saturated rings. The van der Waals surface area contributed by atoms with Gasteiger partial charge in [0.2, 0.25) is 0 Å². The van der Waals surface area contributed by atoms with Crippen molar-refractivity contribution in [2.24, 2.45) is 16.5 Å². The van der Waals surface area contributed by atoms with Crippen LogP contribution in [-0.4, -0.2) is 38.2 Å². The number of benzene rings is 1. The molecule has 1 aromatic rings. The lowest BCUT2D eigenvalue weighted by atomic mass is 10.1. The quantitative estimate of drug-likeness (QED) is 0.461. The zero-order valence-electron chi connectivity index (χ0n) is 12.6. The first kappa shape index (κ1) is 16.3. The molecule has 0 saturated heterocycles. The zero-order valence-corrected chi connectivity index (χ0v) is 12.6. The first-order chi connectivity index (χ1) is 11.0. The Balaban J connectivity index is 2.29. The fraction of sp³-hybridized carbons (Fsp3) is 0.267. The van der Waals surface area contributed by atoms with Crippen LogP contribution in [0.2, 0.25) is 0 Å². The number of rotatable bonds is 4. The van der Waals surface area contributed by atoms with Gasteiger partial charge in [-0.2, -0.15) is 4.99 Å². The number of carbonyl (C=O) groups excluding carboxylic acids is 2. The second-order valence-corrected chi connectivity index (χ2v) is 4.65. The number of para-hydroxylation sites is 1. The highest BCUT2D eigenvalue weighted by Gasteiger charge is 2.18. The number of aliphatic imine (C=N–C) groups is 1. The minimum atomic E-state index is -0.512. The van der Waals surface area contributed by atoms with E-state index in [4.69, 9.17) is 20.9 Å². The maximum absolute atomic E-state index is 11.9. The molecule has 1 heterocycles. The Labute approximate surface area is 132 Å². The van der Waals surface area contributed by atoms with Crippen LogP contribution in [0.4, 0.5) is 0 Å². The predicted octanol–water partition coefficient (Wildman–Crippen LogP) is 0.204. The van der Waals surface area contributed by atoms with Gasteiger partial charge >= 0.3 is 5.97 Å². The molecule has 0 radical (unpaired) electrons. The molecule has 0 aliphatic carbocycles. The van der Waals surface area contributed by atoms with Gasteiger partial charge in [0.1, 0.15) is 0 Å². The van der Waals surface area contributed by atoms with E-state index in [0.717, 1.165) is 0 Å². The fourth-order valence-corrected chi connectivity index (χ4v) is 1.99. The van der Waals surface area contributed by atoms with E-state index in [1.54, 1.807) is 24.3 Å². The van der Waals surface area contributed by atoms with Crippen molar-refractivity contribution in [2.75, 3.05) is 20.3 Å². The molecule has 122 valence electrons. The molecule has 0 spiro atoms. The number of carbonyl (C=O) groups is 2. The molecular weight excluding hydrogens is 302 g/mol.